The third-order valence-electron chi connectivity index (χ3n) is 4.49. The lowest BCUT2D eigenvalue weighted by molar-refractivity contribution is 0.284. The Bertz CT molecular complexity index is 708. The number of ether oxygens (including phenoxy) is 2. The van der Waals surface area contributed by atoms with Crippen molar-refractivity contribution in [2.75, 3.05) is 33.3 Å². The lowest BCUT2D eigenvalue weighted by atomic mass is 10.2. The zero-order valence-corrected chi connectivity index (χ0v) is 20.2. The molecule has 0 fully saturated rings. The highest BCUT2D eigenvalue weighted by Gasteiger charge is 2.10. The molecule has 0 atom stereocenters. The van der Waals surface area contributed by atoms with E-state index in [1.807, 2.05) is 24.3 Å². The lowest BCUT2D eigenvalue weighted by Gasteiger charge is -2.18. The van der Waals surface area contributed by atoms with Crippen LogP contribution in [-0.4, -0.2) is 38.2 Å². The van der Waals surface area contributed by atoms with E-state index in [0.29, 0.717) is 21.5 Å². The van der Waals surface area contributed by atoms with Gasteiger partial charge in [-0.25, -0.2) is 0 Å². The molecular formula is C21H30Cl4N2O2. The van der Waals surface area contributed by atoms with Crippen LogP contribution in [0.25, 0.3) is 0 Å². The molecule has 4 nitrogen and oxygen atoms in total. The van der Waals surface area contributed by atoms with Gasteiger partial charge in [-0.3, -0.25) is 0 Å². The van der Waals surface area contributed by atoms with Gasteiger partial charge >= 0.3 is 0 Å². The molecule has 0 aliphatic heterocycles. The molecule has 8 heteroatoms. The van der Waals surface area contributed by atoms with Gasteiger partial charge in [0.05, 0.1) is 7.11 Å². The predicted molar refractivity (Wildman–Crippen MR) is 128 cm³/mol. The standard InChI is InChI=1S/C21H28Cl2N2O2.2ClH/c1-4-25(5-2)12-11-24-14-16-9-10-20(21(13-16)26-3)27-15-17-18(22)7-6-8-19(17)23;;/h6-10,13,24H,4-5,11-12,14-15H2,1-3H3;2*1H. The monoisotopic (exact) mass is 482 g/mol. The van der Waals surface area contributed by atoms with Crippen molar-refractivity contribution in [1.82, 2.24) is 10.2 Å². The van der Waals surface area contributed by atoms with Gasteiger partial charge in [-0.2, -0.15) is 0 Å². The van der Waals surface area contributed by atoms with Gasteiger partial charge in [0.1, 0.15) is 6.61 Å². The fourth-order valence-electron chi connectivity index (χ4n) is 2.77. The zero-order chi connectivity index (χ0) is 19.6. The summed E-state index contributed by atoms with van der Waals surface area (Å²) in [6, 6.07) is 11.4. The first-order chi connectivity index (χ1) is 13.1. The van der Waals surface area contributed by atoms with Crippen LogP contribution < -0.4 is 14.8 Å². The van der Waals surface area contributed by atoms with Gasteiger partial charge < -0.3 is 19.7 Å². The molecule has 0 spiro atoms. The van der Waals surface area contributed by atoms with E-state index in [0.717, 1.165) is 43.9 Å². The van der Waals surface area contributed by atoms with Crippen LogP contribution in [0, 0.1) is 0 Å². The van der Waals surface area contributed by atoms with Gasteiger partial charge in [0.15, 0.2) is 11.5 Å². The van der Waals surface area contributed by atoms with Crippen molar-refractivity contribution in [3.05, 3.63) is 57.6 Å². The highest BCUT2D eigenvalue weighted by Crippen LogP contribution is 2.31. The molecule has 0 amide bonds. The normalized spacial score (nSPS) is 10.3. The Balaban J connectivity index is 0.00000392. The molecule has 0 radical (unpaired) electrons. The van der Waals surface area contributed by atoms with E-state index in [2.05, 4.69) is 24.1 Å². The van der Waals surface area contributed by atoms with Gasteiger partial charge in [0, 0.05) is 35.2 Å². The van der Waals surface area contributed by atoms with E-state index in [-0.39, 0.29) is 31.4 Å². The topological polar surface area (TPSA) is 33.7 Å². The van der Waals surface area contributed by atoms with Crippen LogP contribution in [0.5, 0.6) is 11.5 Å². The summed E-state index contributed by atoms with van der Waals surface area (Å²) in [5.74, 6) is 1.36. The Morgan fingerprint density at radius 2 is 1.62 bits per heavy atom. The maximum Gasteiger partial charge on any atom is 0.161 e. The van der Waals surface area contributed by atoms with E-state index in [1.54, 1.807) is 19.2 Å². The van der Waals surface area contributed by atoms with E-state index in [9.17, 15) is 0 Å². The van der Waals surface area contributed by atoms with Gasteiger partial charge in [0.2, 0.25) is 0 Å². The number of hydrogen-bond acceptors (Lipinski definition) is 4. The zero-order valence-electron chi connectivity index (χ0n) is 17.0. The summed E-state index contributed by atoms with van der Waals surface area (Å²) in [6.45, 7) is 9.59. The number of halogens is 4. The molecule has 29 heavy (non-hydrogen) atoms. The van der Waals surface area contributed by atoms with Crippen molar-refractivity contribution in [2.45, 2.75) is 27.0 Å². The maximum atomic E-state index is 6.20. The SMILES string of the molecule is CCN(CC)CCNCc1ccc(OCc2c(Cl)cccc2Cl)c(OC)c1.Cl.Cl. The lowest BCUT2D eigenvalue weighted by Crippen LogP contribution is -2.31. The first-order valence-electron chi connectivity index (χ1n) is 9.24. The third-order valence-corrected chi connectivity index (χ3v) is 5.20. The number of hydrogen-bond donors (Lipinski definition) is 1. The van der Waals surface area contributed by atoms with E-state index < -0.39 is 0 Å². The molecule has 0 bridgehead atoms. The average molecular weight is 484 g/mol. The highest BCUT2D eigenvalue weighted by molar-refractivity contribution is 6.35. The maximum absolute atomic E-state index is 6.20. The summed E-state index contributed by atoms with van der Waals surface area (Å²) in [5, 5.41) is 4.66. The number of benzene rings is 2. The molecule has 0 aliphatic carbocycles. The summed E-state index contributed by atoms with van der Waals surface area (Å²) in [4.78, 5) is 2.39. The minimum atomic E-state index is 0. The highest BCUT2D eigenvalue weighted by atomic mass is 35.5. The molecular weight excluding hydrogens is 454 g/mol. The van der Waals surface area contributed by atoms with Crippen molar-refractivity contribution < 1.29 is 9.47 Å². The Morgan fingerprint density at radius 3 is 2.21 bits per heavy atom. The number of likely N-dealkylation sites (N-methyl/N-ethyl adjacent to an activating group) is 1. The van der Waals surface area contributed by atoms with E-state index in [4.69, 9.17) is 32.7 Å². The first kappa shape index (κ1) is 28.1. The van der Waals surface area contributed by atoms with Crippen molar-refractivity contribution in [3.63, 3.8) is 0 Å². The summed E-state index contributed by atoms with van der Waals surface area (Å²) < 4.78 is 11.4. The number of methoxy groups -OCH3 is 1. The predicted octanol–water partition coefficient (Wildman–Crippen LogP) is 5.86. The number of nitrogens with zero attached hydrogens (tertiary/aromatic N) is 1. The average Bonchev–Trinajstić information content (AvgIpc) is 2.68. The Kier molecular flexibility index (Phi) is 14.5. The van der Waals surface area contributed by atoms with Gasteiger partial charge in [0.25, 0.3) is 0 Å². The molecule has 2 rings (SSSR count). The van der Waals surface area contributed by atoms with Crippen LogP contribution in [0.15, 0.2) is 36.4 Å². The fourth-order valence-corrected chi connectivity index (χ4v) is 3.28. The van der Waals surface area contributed by atoms with Crippen molar-refractivity contribution in [2.24, 2.45) is 0 Å². The second-order valence-electron chi connectivity index (χ2n) is 6.18. The summed E-state index contributed by atoms with van der Waals surface area (Å²) in [6.07, 6.45) is 0. The molecule has 2 aromatic rings. The van der Waals surface area contributed by atoms with Crippen LogP contribution in [0.3, 0.4) is 0 Å². The molecule has 2 aromatic carbocycles. The Morgan fingerprint density at radius 1 is 0.966 bits per heavy atom. The molecule has 164 valence electrons. The van der Waals surface area contributed by atoms with Gasteiger partial charge in [-0.15, -0.1) is 24.8 Å². The van der Waals surface area contributed by atoms with Gasteiger partial charge in [-0.1, -0.05) is 49.2 Å². The minimum absolute atomic E-state index is 0. The molecule has 0 unspecified atom stereocenters. The van der Waals surface area contributed by atoms with Crippen LogP contribution in [0.1, 0.15) is 25.0 Å². The second kappa shape index (κ2) is 15.0. The van der Waals surface area contributed by atoms with Crippen LogP contribution >= 0.6 is 48.0 Å². The molecule has 1 N–H and O–H groups in total. The number of nitrogens with one attached hydrogen (secondary N) is 1. The summed E-state index contributed by atoms with van der Waals surface area (Å²) in [5.41, 5.74) is 1.92. The van der Waals surface area contributed by atoms with Crippen molar-refractivity contribution >= 4 is 48.0 Å². The molecule has 0 heterocycles. The van der Waals surface area contributed by atoms with Crippen molar-refractivity contribution in [1.29, 1.82) is 0 Å². The quantitative estimate of drug-likeness (QED) is 0.406. The van der Waals surface area contributed by atoms with E-state index >= 15 is 0 Å². The Labute approximate surface area is 196 Å². The van der Waals surface area contributed by atoms with Gasteiger partial charge in [-0.05, 0) is 42.9 Å². The molecule has 0 saturated heterocycles. The fraction of sp³-hybridized carbons (Fsp3) is 0.429. The molecule has 0 aliphatic rings. The minimum Gasteiger partial charge on any atom is -0.493 e. The Hall–Kier alpha value is -0.880. The smallest absolute Gasteiger partial charge is 0.161 e. The second-order valence-corrected chi connectivity index (χ2v) is 6.99. The van der Waals surface area contributed by atoms with Crippen LogP contribution in [0.4, 0.5) is 0 Å². The van der Waals surface area contributed by atoms with E-state index in [1.165, 1.54) is 0 Å². The first-order valence-corrected chi connectivity index (χ1v) is 10.00. The third kappa shape index (κ3) is 8.79. The number of rotatable bonds is 11. The van der Waals surface area contributed by atoms with Crippen LogP contribution in [-0.2, 0) is 13.2 Å². The summed E-state index contributed by atoms with van der Waals surface area (Å²) >= 11 is 12.4. The summed E-state index contributed by atoms with van der Waals surface area (Å²) in [7, 11) is 1.64. The largest absolute Gasteiger partial charge is 0.493 e. The molecule has 0 aromatic heterocycles. The van der Waals surface area contributed by atoms with Crippen LogP contribution in [0.2, 0.25) is 10.0 Å². The molecule has 0 saturated carbocycles. The van der Waals surface area contributed by atoms with Crippen molar-refractivity contribution in [3.8, 4) is 11.5 Å².